The molecule has 4 aromatic carbocycles. The molecule has 4 saturated heterocycles. The summed E-state index contributed by atoms with van der Waals surface area (Å²) in [5, 5.41) is 0. The molecule has 0 bridgehead atoms. The lowest BCUT2D eigenvalue weighted by molar-refractivity contribution is -0.132. The molecule has 4 aliphatic heterocycles. The predicted molar refractivity (Wildman–Crippen MR) is 251 cm³/mol. The van der Waals surface area contributed by atoms with Crippen LogP contribution < -0.4 is 0 Å². The number of likely N-dealkylation sites (tertiary alicyclic amines) is 4. The largest absolute Gasteiger partial charge is 0.334 e. The van der Waals surface area contributed by atoms with Crippen LogP contribution in [0, 0.1) is 0 Å². The minimum Gasteiger partial charge on any atom is -0.334 e. The van der Waals surface area contributed by atoms with Gasteiger partial charge in [0.2, 0.25) is 11.8 Å². The Balaban J connectivity index is 0.000000186. The summed E-state index contributed by atoms with van der Waals surface area (Å²) in [4.78, 5) is 61.1. The van der Waals surface area contributed by atoms with Gasteiger partial charge in [0.05, 0.1) is 0 Å². The number of rotatable bonds is 10. The zero-order valence-electron chi connectivity index (χ0n) is 36.0. The van der Waals surface area contributed by atoms with Crippen molar-refractivity contribution in [2.45, 2.75) is 51.4 Å². The normalized spacial score (nSPS) is 20.4. The van der Waals surface area contributed by atoms with E-state index in [2.05, 4.69) is 9.80 Å². The molecule has 320 valence electrons. The van der Waals surface area contributed by atoms with Crippen LogP contribution in [-0.2, 0) is 19.2 Å². The maximum atomic E-state index is 13.2. The molecular weight excluding hydrogens is 769 g/mol. The average molecular weight is 829 g/mol. The first kappa shape index (κ1) is 44.1. The number of hydrogen-bond acceptors (Lipinski definition) is 6. The van der Waals surface area contributed by atoms with Crippen LogP contribution in [0.4, 0.5) is 0 Å². The van der Waals surface area contributed by atoms with Gasteiger partial charge in [0.1, 0.15) is 0 Å². The number of piperidine rings is 4. The van der Waals surface area contributed by atoms with Crippen molar-refractivity contribution in [3.8, 4) is 0 Å². The lowest BCUT2D eigenvalue weighted by Gasteiger charge is -2.31. The zero-order chi connectivity index (χ0) is 42.9. The molecule has 0 unspecified atom stereocenters. The van der Waals surface area contributed by atoms with Crippen LogP contribution in [0.3, 0.4) is 0 Å². The number of carbonyl (C=O) groups excluding carboxylic acids is 4. The summed E-state index contributed by atoms with van der Waals surface area (Å²) in [6.07, 6.45) is 16.2. The summed E-state index contributed by atoms with van der Waals surface area (Å²) in [6.45, 7) is 7.45. The monoisotopic (exact) mass is 828 g/mol. The van der Waals surface area contributed by atoms with Crippen LogP contribution in [0.15, 0.2) is 144 Å². The second-order valence-corrected chi connectivity index (χ2v) is 16.8. The zero-order valence-corrected chi connectivity index (χ0v) is 36.0. The smallest absolute Gasteiger partial charge is 0.224 e. The van der Waals surface area contributed by atoms with Gasteiger partial charge in [-0.05, 0) is 98.4 Å². The summed E-state index contributed by atoms with van der Waals surface area (Å²) >= 11 is 0. The predicted octanol–water partition coefficient (Wildman–Crippen LogP) is 8.88. The summed E-state index contributed by atoms with van der Waals surface area (Å²) < 4.78 is 0. The van der Waals surface area contributed by atoms with Gasteiger partial charge in [-0.1, -0.05) is 134 Å². The lowest BCUT2D eigenvalue weighted by atomic mass is 9.94. The van der Waals surface area contributed by atoms with E-state index in [-0.39, 0.29) is 23.4 Å². The second-order valence-electron chi connectivity index (χ2n) is 16.8. The maximum Gasteiger partial charge on any atom is 0.224 e. The van der Waals surface area contributed by atoms with Gasteiger partial charge >= 0.3 is 0 Å². The van der Waals surface area contributed by atoms with Crippen LogP contribution in [0.1, 0.15) is 73.6 Å². The molecule has 0 spiro atoms. The van der Waals surface area contributed by atoms with E-state index < -0.39 is 0 Å². The van der Waals surface area contributed by atoms with Crippen molar-refractivity contribution in [2.75, 3.05) is 65.4 Å². The molecule has 8 nitrogen and oxygen atoms in total. The van der Waals surface area contributed by atoms with Crippen LogP contribution in [0.2, 0.25) is 0 Å². The lowest BCUT2D eigenvalue weighted by Crippen LogP contribution is -2.43. The molecule has 0 radical (unpaired) electrons. The first-order valence-corrected chi connectivity index (χ1v) is 22.5. The first-order valence-electron chi connectivity index (χ1n) is 22.5. The van der Waals surface area contributed by atoms with E-state index in [9.17, 15) is 19.2 Å². The molecule has 4 aliphatic rings. The number of Topliss-reactive ketones (excluding diaryl/α,β-unsaturated/α-hetero) is 2. The van der Waals surface area contributed by atoms with Crippen LogP contribution in [0.25, 0.3) is 24.3 Å². The molecule has 8 heteroatoms. The number of amides is 2. The topological polar surface area (TPSA) is 81.2 Å². The highest BCUT2D eigenvalue weighted by atomic mass is 16.2. The van der Waals surface area contributed by atoms with Gasteiger partial charge in [-0.3, -0.25) is 19.2 Å². The number of hydrogen-bond donors (Lipinski definition) is 0. The Labute approximate surface area is 367 Å². The van der Waals surface area contributed by atoms with E-state index in [0.717, 1.165) is 61.5 Å². The van der Waals surface area contributed by atoms with E-state index in [1.54, 1.807) is 0 Å². The Morgan fingerprint density at radius 3 is 0.903 bits per heavy atom. The Hall–Kier alpha value is -5.96. The molecule has 0 atom stereocenters. The van der Waals surface area contributed by atoms with Crippen molar-refractivity contribution in [1.82, 2.24) is 19.6 Å². The average Bonchev–Trinajstić information content (AvgIpc) is 3.32. The Morgan fingerprint density at radius 2 is 0.645 bits per heavy atom. The molecule has 8 rings (SSSR count). The summed E-state index contributed by atoms with van der Waals surface area (Å²) in [5.74, 6) is 0.313. The second kappa shape index (κ2) is 22.8. The van der Waals surface area contributed by atoms with Gasteiger partial charge in [0.25, 0.3) is 0 Å². The van der Waals surface area contributed by atoms with Crippen LogP contribution in [0.5, 0.6) is 0 Å². The van der Waals surface area contributed by atoms with E-state index in [0.29, 0.717) is 61.3 Å². The minimum absolute atomic E-state index is 0.0350. The quantitative estimate of drug-likeness (QED) is 0.149. The fourth-order valence-corrected chi connectivity index (χ4v) is 8.62. The first-order chi connectivity index (χ1) is 30.4. The van der Waals surface area contributed by atoms with Crippen molar-refractivity contribution >= 4 is 47.7 Å². The number of nitrogens with zero attached hydrogens (tertiary/aromatic N) is 4. The van der Waals surface area contributed by atoms with Gasteiger partial charge in [-0.2, -0.15) is 0 Å². The number of benzene rings is 4. The van der Waals surface area contributed by atoms with E-state index in [1.165, 1.54) is 38.5 Å². The highest BCUT2D eigenvalue weighted by Gasteiger charge is 2.31. The van der Waals surface area contributed by atoms with Crippen molar-refractivity contribution in [1.29, 1.82) is 0 Å². The fraction of sp³-hybridized carbons (Fsp3) is 0.333. The van der Waals surface area contributed by atoms with Crippen molar-refractivity contribution in [2.24, 2.45) is 0 Å². The van der Waals surface area contributed by atoms with Gasteiger partial charge in [-0.15, -0.1) is 0 Å². The number of carbonyl (C=O) groups is 4. The van der Waals surface area contributed by atoms with Gasteiger partial charge < -0.3 is 19.6 Å². The molecule has 62 heavy (non-hydrogen) atoms. The van der Waals surface area contributed by atoms with E-state index in [1.807, 2.05) is 155 Å². The highest BCUT2D eigenvalue weighted by Crippen LogP contribution is 2.25. The molecule has 0 N–H and O–H groups in total. The third-order valence-electron chi connectivity index (χ3n) is 12.1. The molecule has 2 amide bonds. The van der Waals surface area contributed by atoms with Crippen molar-refractivity contribution in [3.63, 3.8) is 0 Å². The third kappa shape index (κ3) is 13.0. The van der Waals surface area contributed by atoms with E-state index >= 15 is 0 Å². The molecule has 0 saturated carbocycles. The van der Waals surface area contributed by atoms with Crippen LogP contribution in [-0.4, -0.2) is 108 Å². The SMILES string of the molecule is O=C1/C(=C/c2ccccc2)CN(C(=O)CCN2CCCCC2)C/C1=C\c1ccccc1.O=C1/C(=C/c2ccccc2)CN(C(=O)CCN2CCCCC2)C/C1=C\c1ccccc1. The van der Waals surface area contributed by atoms with Crippen molar-refractivity contribution in [3.05, 3.63) is 166 Å². The molecular formula is C54H60N4O4. The molecule has 4 heterocycles. The molecule has 0 aromatic heterocycles. The Bertz CT molecular complexity index is 1950. The molecule has 0 aliphatic carbocycles. The molecule has 4 aromatic rings. The van der Waals surface area contributed by atoms with Gasteiger partial charge in [0.15, 0.2) is 11.6 Å². The highest BCUT2D eigenvalue weighted by molar-refractivity contribution is 6.16. The Morgan fingerprint density at radius 1 is 0.387 bits per heavy atom. The fourth-order valence-electron chi connectivity index (χ4n) is 8.62. The summed E-state index contributed by atoms with van der Waals surface area (Å²) in [5.41, 5.74) is 6.61. The standard InChI is InChI=1S/2C27H30N2O2/c2*30-26(14-17-28-15-8-3-9-16-28)29-20-24(18-22-10-4-1-5-11-22)27(31)25(21-29)19-23-12-6-2-7-13-23/h2*1-2,4-7,10-13,18-19H,3,8-9,14-17,20-21H2/b2*24-18+,25-19+. The van der Waals surface area contributed by atoms with E-state index in [4.69, 9.17) is 0 Å². The van der Waals surface area contributed by atoms with Crippen LogP contribution >= 0.6 is 0 Å². The Kier molecular flexibility index (Phi) is 16.2. The van der Waals surface area contributed by atoms with Gasteiger partial charge in [0, 0.05) is 74.4 Å². The maximum absolute atomic E-state index is 13.2. The third-order valence-corrected chi connectivity index (χ3v) is 12.1. The summed E-state index contributed by atoms with van der Waals surface area (Å²) in [7, 11) is 0. The van der Waals surface area contributed by atoms with Gasteiger partial charge in [-0.25, -0.2) is 0 Å². The molecule has 4 fully saturated rings. The minimum atomic E-state index is 0.0350. The number of ketones is 2. The van der Waals surface area contributed by atoms with Crippen molar-refractivity contribution < 1.29 is 19.2 Å². The summed E-state index contributed by atoms with van der Waals surface area (Å²) in [6, 6.07) is 39.4.